The van der Waals surface area contributed by atoms with E-state index in [0.717, 1.165) is 0 Å². The molecule has 0 saturated carbocycles. The van der Waals surface area contributed by atoms with Crippen LogP contribution in [0.1, 0.15) is 24.2 Å². The predicted octanol–water partition coefficient (Wildman–Crippen LogP) is 1.27. The zero-order chi connectivity index (χ0) is 14.4. The first kappa shape index (κ1) is 14.6. The molecule has 0 aliphatic heterocycles. The Morgan fingerprint density at radius 3 is 2.58 bits per heavy atom. The third kappa shape index (κ3) is 4.34. The van der Waals surface area contributed by atoms with Crippen molar-refractivity contribution in [3.05, 3.63) is 42.2 Å². The molecule has 0 aliphatic carbocycles. The number of rotatable bonds is 4. The van der Waals surface area contributed by atoms with Gasteiger partial charge in [-0.1, -0.05) is 6.58 Å². The molecule has 19 heavy (non-hydrogen) atoms. The Morgan fingerprint density at radius 2 is 2.05 bits per heavy atom. The van der Waals surface area contributed by atoms with E-state index in [1.165, 1.54) is 38.4 Å². The number of esters is 3. The van der Waals surface area contributed by atoms with E-state index in [2.05, 4.69) is 16.3 Å². The lowest BCUT2D eigenvalue weighted by Gasteiger charge is -2.11. The molecule has 0 amide bonds. The first-order chi connectivity index (χ1) is 8.91. The topological polar surface area (TPSA) is 82.6 Å². The SMILES string of the molecule is C=C(C)C(=O)OC(C)C(=O)OC(=O)c1cccnc1. The molecular formula is C13H13NO5. The van der Waals surface area contributed by atoms with Crippen molar-refractivity contribution in [2.45, 2.75) is 20.0 Å². The molecule has 1 atom stereocenters. The van der Waals surface area contributed by atoms with Gasteiger partial charge in [-0.15, -0.1) is 0 Å². The van der Waals surface area contributed by atoms with E-state index >= 15 is 0 Å². The number of nitrogens with zero attached hydrogens (tertiary/aromatic N) is 1. The lowest BCUT2D eigenvalue weighted by Crippen LogP contribution is -2.28. The van der Waals surface area contributed by atoms with Crippen LogP contribution < -0.4 is 0 Å². The highest BCUT2D eigenvalue weighted by molar-refractivity contribution is 5.98. The van der Waals surface area contributed by atoms with Crippen LogP contribution >= 0.6 is 0 Å². The van der Waals surface area contributed by atoms with Gasteiger partial charge in [-0.2, -0.15) is 0 Å². The van der Waals surface area contributed by atoms with E-state index in [-0.39, 0.29) is 11.1 Å². The monoisotopic (exact) mass is 263 g/mol. The van der Waals surface area contributed by atoms with Crippen molar-refractivity contribution in [3.8, 4) is 0 Å². The molecule has 0 aromatic carbocycles. The van der Waals surface area contributed by atoms with Gasteiger partial charge in [0.1, 0.15) is 0 Å². The highest BCUT2D eigenvalue weighted by atomic mass is 16.6. The largest absolute Gasteiger partial charge is 0.447 e. The highest BCUT2D eigenvalue weighted by Gasteiger charge is 2.23. The minimum atomic E-state index is -1.19. The maximum Gasteiger partial charge on any atom is 0.355 e. The number of carbonyl (C=O) groups excluding carboxylic acids is 3. The van der Waals surface area contributed by atoms with Gasteiger partial charge in [0, 0.05) is 18.0 Å². The summed E-state index contributed by atoms with van der Waals surface area (Å²) in [5.74, 6) is -2.53. The third-order valence-corrected chi connectivity index (χ3v) is 2.05. The Kier molecular flexibility index (Phi) is 4.93. The van der Waals surface area contributed by atoms with Gasteiger partial charge in [0.2, 0.25) is 0 Å². The number of pyridine rings is 1. The Hall–Kier alpha value is -2.50. The molecule has 0 bridgehead atoms. The summed E-state index contributed by atoms with van der Waals surface area (Å²) in [7, 11) is 0. The van der Waals surface area contributed by atoms with Crippen molar-refractivity contribution in [1.82, 2.24) is 4.98 Å². The van der Waals surface area contributed by atoms with Crippen LogP contribution in [0.5, 0.6) is 0 Å². The second-order valence-corrected chi connectivity index (χ2v) is 3.78. The second-order valence-electron chi connectivity index (χ2n) is 3.78. The fourth-order valence-corrected chi connectivity index (χ4v) is 1.03. The smallest absolute Gasteiger partial charge is 0.355 e. The maximum absolute atomic E-state index is 11.5. The Bertz CT molecular complexity index is 509. The van der Waals surface area contributed by atoms with Crippen LogP contribution in [0, 0.1) is 0 Å². The van der Waals surface area contributed by atoms with E-state index in [1.54, 1.807) is 0 Å². The van der Waals surface area contributed by atoms with Crippen LogP contribution in [0.4, 0.5) is 0 Å². The molecular weight excluding hydrogens is 250 g/mol. The van der Waals surface area contributed by atoms with E-state index in [0.29, 0.717) is 0 Å². The average Bonchev–Trinajstić information content (AvgIpc) is 2.39. The number of hydrogen-bond acceptors (Lipinski definition) is 6. The summed E-state index contributed by atoms with van der Waals surface area (Å²) in [6.45, 7) is 6.12. The lowest BCUT2D eigenvalue weighted by atomic mass is 10.3. The van der Waals surface area contributed by atoms with Crippen molar-refractivity contribution < 1.29 is 23.9 Å². The molecule has 0 spiro atoms. The first-order valence-electron chi connectivity index (χ1n) is 5.44. The van der Waals surface area contributed by atoms with E-state index in [1.807, 2.05) is 0 Å². The van der Waals surface area contributed by atoms with Gasteiger partial charge >= 0.3 is 17.9 Å². The van der Waals surface area contributed by atoms with Gasteiger partial charge in [0.25, 0.3) is 0 Å². The normalized spacial score (nSPS) is 11.3. The van der Waals surface area contributed by atoms with Crippen LogP contribution in [-0.2, 0) is 19.1 Å². The van der Waals surface area contributed by atoms with Crippen LogP contribution in [0.15, 0.2) is 36.7 Å². The van der Waals surface area contributed by atoms with E-state index in [4.69, 9.17) is 4.74 Å². The molecule has 0 saturated heterocycles. The van der Waals surface area contributed by atoms with Gasteiger partial charge < -0.3 is 9.47 Å². The van der Waals surface area contributed by atoms with Crippen molar-refractivity contribution in [1.29, 1.82) is 0 Å². The molecule has 100 valence electrons. The number of aromatic nitrogens is 1. The highest BCUT2D eigenvalue weighted by Crippen LogP contribution is 2.04. The Labute approximate surface area is 110 Å². The standard InChI is InChI=1S/C13H13NO5/c1-8(2)11(15)18-9(3)12(16)19-13(17)10-5-4-6-14-7-10/h4-7,9H,1H2,2-3H3. The molecule has 0 N–H and O–H groups in total. The van der Waals surface area contributed by atoms with E-state index in [9.17, 15) is 14.4 Å². The van der Waals surface area contributed by atoms with Crippen LogP contribution in [-0.4, -0.2) is 29.0 Å². The molecule has 1 rings (SSSR count). The fourth-order valence-electron chi connectivity index (χ4n) is 1.03. The molecule has 6 nitrogen and oxygen atoms in total. The molecule has 0 fully saturated rings. The molecule has 1 unspecified atom stereocenters. The van der Waals surface area contributed by atoms with Crippen molar-refractivity contribution in [2.24, 2.45) is 0 Å². The van der Waals surface area contributed by atoms with Crippen molar-refractivity contribution >= 4 is 17.9 Å². The number of carbonyl (C=O) groups is 3. The van der Waals surface area contributed by atoms with Crippen LogP contribution in [0.3, 0.4) is 0 Å². The van der Waals surface area contributed by atoms with Gasteiger partial charge in [-0.3, -0.25) is 4.98 Å². The summed E-state index contributed by atoms with van der Waals surface area (Å²) in [4.78, 5) is 38.0. The summed E-state index contributed by atoms with van der Waals surface area (Å²) >= 11 is 0. The minimum Gasteiger partial charge on any atom is -0.447 e. The maximum atomic E-state index is 11.5. The summed E-state index contributed by atoms with van der Waals surface area (Å²) in [5.41, 5.74) is 0.285. The summed E-state index contributed by atoms with van der Waals surface area (Å²) in [5, 5.41) is 0. The molecule has 6 heteroatoms. The van der Waals surface area contributed by atoms with Crippen molar-refractivity contribution in [3.63, 3.8) is 0 Å². The van der Waals surface area contributed by atoms with Gasteiger partial charge in [-0.25, -0.2) is 14.4 Å². The minimum absolute atomic E-state index is 0.134. The predicted molar refractivity (Wildman–Crippen MR) is 65.0 cm³/mol. The number of ether oxygens (including phenoxy) is 2. The zero-order valence-corrected chi connectivity index (χ0v) is 10.6. The third-order valence-electron chi connectivity index (χ3n) is 2.05. The number of hydrogen-bond donors (Lipinski definition) is 0. The molecule has 0 aliphatic rings. The first-order valence-corrected chi connectivity index (χ1v) is 5.44. The van der Waals surface area contributed by atoms with E-state index < -0.39 is 24.0 Å². The average molecular weight is 263 g/mol. The van der Waals surface area contributed by atoms with Gasteiger partial charge in [-0.05, 0) is 26.0 Å². The van der Waals surface area contributed by atoms with Gasteiger partial charge in [0.05, 0.1) is 5.56 Å². The summed E-state index contributed by atoms with van der Waals surface area (Å²) < 4.78 is 9.28. The summed E-state index contributed by atoms with van der Waals surface area (Å²) in [6, 6.07) is 2.98. The second kappa shape index (κ2) is 6.44. The molecule has 1 heterocycles. The quantitative estimate of drug-likeness (QED) is 0.462. The molecule has 0 radical (unpaired) electrons. The van der Waals surface area contributed by atoms with Crippen molar-refractivity contribution in [2.75, 3.05) is 0 Å². The lowest BCUT2D eigenvalue weighted by molar-refractivity contribution is -0.160. The molecule has 1 aromatic heterocycles. The Balaban J connectivity index is 2.58. The van der Waals surface area contributed by atoms with Crippen LogP contribution in [0.25, 0.3) is 0 Å². The zero-order valence-electron chi connectivity index (χ0n) is 10.6. The van der Waals surface area contributed by atoms with Crippen LogP contribution in [0.2, 0.25) is 0 Å². The van der Waals surface area contributed by atoms with Gasteiger partial charge in [0.15, 0.2) is 6.10 Å². The molecule has 1 aromatic rings. The summed E-state index contributed by atoms with van der Waals surface area (Å²) in [6.07, 6.45) is 1.56. The fraction of sp³-hybridized carbons (Fsp3) is 0.231. The Morgan fingerprint density at radius 1 is 1.37 bits per heavy atom.